The predicted octanol–water partition coefficient (Wildman–Crippen LogP) is 16.9. The SMILES string of the molecule is CC/C=C\C/C=C\C/C=C\C/C=C\C/C=C\CCCC(=O)OC[C@@H](COC(=O)CCCCCCC/C=C\C/C=C\C/C=C\CC)OC(=O)CCCC/C=C\C/C=C\C/C=C\C/C=C\CC. The number of ether oxygens (including phenoxy) is 3. The molecule has 0 rings (SSSR count). The Bertz CT molecular complexity index is 1490. The Balaban J connectivity index is 4.61. The first-order valence-electron chi connectivity index (χ1n) is 25.3. The molecular weight excluding hydrogens is 805 g/mol. The maximum absolute atomic E-state index is 12.8. The minimum Gasteiger partial charge on any atom is -0.462 e. The molecule has 65 heavy (non-hydrogen) atoms. The fraction of sp³-hybridized carbons (Fsp3) is 0.542. The van der Waals surface area contributed by atoms with Gasteiger partial charge in [0.05, 0.1) is 0 Å². The maximum Gasteiger partial charge on any atom is 0.306 e. The molecule has 0 saturated carbocycles. The van der Waals surface area contributed by atoms with Gasteiger partial charge in [-0.15, -0.1) is 0 Å². The third-order valence-electron chi connectivity index (χ3n) is 9.82. The van der Waals surface area contributed by atoms with E-state index in [1.165, 1.54) is 0 Å². The van der Waals surface area contributed by atoms with E-state index in [0.29, 0.717) is 19.3 Å². The average Bonchev–Trinajstić information content (AvgIpc) is 3.30. The second-order valence-corrected chi connectivity index (χ2v) is 15.9. The lowest BCUT2D eigenvalue weighted by atomic mass is 10.1. The van der Waals surface area contributed by atoms with Gasteiger partial charge in [0.15, 0.2) is 6.10 Å². The van der Waals surface area contributed by atoms with Gasteiger partial charge >= 0.3 is 17.9 Å². The topological polar surface area (TPSA) is 78.9 Å². The van der Waals surface area contributed by atoms with Crippen LogP contribution in [0, 0.1) is 0 Å². The second-order valence-electron chi connectivity index (χ2n) is 15.9. The third kappa shape index (κ3) is 50.2. The van der Waals surface area contributed by atoms with Crippen LogP contribution >= 0.6 is 0 Å². The lowest BCUT2D eigenvalue weighted by Crippen LogP contribution is -2.30. The van der Waals surface area contributed by atoms with Crippen molar-refractivity contribution in [1.29, 1.82) is 0 Å². The van der Waals surface area contributed by atoms with Gasteiger partial charge in [-0.2, -0.15) is 0 Å². The van der Waals surface area contributed by atoms with Crippen molar-refractivity contribution in [2.45, 2.75) is 194 Å². The summed E-state index contributed by atoms with van der Waals surface area (Å²) in [4.78, 5) is 38.0. The normalized spacial score (nSPS) is 13.3. The van der Waals surface area contributed by atoms with E-state index in [1.54, 1.807) is 0 Å². The summed E-state index contributed by atoms with van der Waals surface area (Å²) in [5.74, 6) is -1.06. The zero-order valence-electron chi connectivity index (χ0n) is 41.2. The van der Waals surface area contributed by atoms with Crippen LogP contribution in [0.25, 0.3) is 0 Å². The van der Waals surface area contributed by atoms with Crippen molar-refractivity contribution in [3.8, 4) is 0 Å². The minimum atomic E-state index is -0.836. The Morgan fingerprint density at radius 2 is 0.569 bits per heavy atom. The molecule has 0 aromatic heterocycles. The number of unbranched alkanes of at least 4 members (excludes halogenated alkanes) is 8. The van der Waals surface area contributed by atoms with E-state index < -0.39 is 6.10 Å². The summed E-state index contributed by atoms with van der Waals surface area (Å²) in [6, 6.07) is 0. The molecule has 0 aliphatic heterocycles. The van der Waals surface area contributed by atoms with E-state index in [4.69, 9.17) is 14.2 Å². The van der Waals surface area contributed by atoms with Gasteiger partial charge in [0.2, 0.25) is 0 Å². The van der Waals surface area contributed by atoms with E-state index in [0.717, 1.165) is 135 Å². The summed E-state index contributed by atoms with van der Waals surface area (Å²) in [6.07, 6.45) is 74.1. The molecule has 0 aliphatic rings. The highest BCUT2D eigenvalue weighted by molar-refractivity contribution is 5.71. The number of carbonyl (C=O) groups excluding carboxylic acids is 3. The molecule has 0 saturated heterocycles. The van der Waals surface area contributed by atoms with Crippen molar-refractivity contribution < 1.29 is 28.6 Å². The number of hydrogen-bond acceptors (Lipinski definition) is 6. The van der Waals surface area contributed by atoms with Crippen LogP contribution in [-0.2, 0) is 28.6 Å². The predicted molar refractivity (Wildman–Crippen MR) is 279 cm³/mol. The zero-order valence-corrected chi connectivity index (χ0v) is 41.2. The molecule has 0 aliphatic carbocycles. The van der Waals surface area contributed by atoms with Crippen LogP contribution in [0.15, 0.2) is 146 Å². The van der Waals surface area contributed by atoms with Gasteiger partial charge in [0.25, 0.3) is 0 Å². The minimum absolute atomic E-state index is 0.128. The monoisotopic (exact) mass is 895 g/mol. The van der Waals surface area contributed by atoms with Gasteiger partial charge in [0, 0.05) is 19.3 Å². The van der Waals surface area contributed by atoms with Crippen molar-refractivity contribution in [2.24, 2.45) is 0 Å². The molecule has 0 N–H and O–H groups in total. The molecule has 6 heteroatoms. The maximum atomic E-state index is 12.8. The van der Waals surface area contributed by atoms with Crippen LogP contribution in [0.1, 0.15) is 188 Å². The Hall–Kier alpha value is -4.71. The quantitative estimate of drug-likeness (QED) is 0.0263. The molecule has 0 spiro atoms. The van der Waals surface area contributed by atoms with Gasteiger partial charge in [-0.05, 0) is 128 Å². The Morgan fingerprint density at radius 3 is 0.954 bits per heavy atom. The van der Waals surface area contributed by atoms with E-state index in [1.807, 2.05) is 0 Å². The summed E-state index contributed by atoms with van der Waals surface area (Å²) >= 11 is 0. The van der Waals surface area contributed by atoms with Crippen LogP contribution in [0.2, 0.25) is 0 Å². The lowest BCUT2D eigenvalue weighted by molar-refractivity contribution is -0.167. The summed E-state index contributed by atoms with van der Waals surface area (Å²) in [5, 5.41) is 0. The molecule has 0 aromatic carbocycles. The lowest BCUT2D eigenvalue weighted by Gasteiger charge is -2.18. The summed E-state index contributed by atoms with van der Waals surface area (Å²) in [6.45, 7) is 6.17. The second kappa shape index (κ2) is 51.9. The number of allylic oxidation sites excluding steroid dienone is 24. The molecule has 0 amide bonds. The van der Waals surface area contributed by atoms with E-state index >= 15 is 0 Å². The standard InChI is InChI=1S/C59H90O6/c1-4-7-10-13-16-19-22-25-28-29-32-34-37-40-43-46-49-52-58(61)64-55-56(65-59(62)53-50-47-44-41-38-35-31-27-24-21-18-15-12-9-6-3)54-63-57(60)51-48-45-42-39-36-33-30-26-23-20-17-14-11-8-5-2/h7-12,16-21,25-28,30-32,34,38,40-41,43,56H,4-6,13-15,22-24,29,33,35-37,39,42,44-55H2,1-3H3/b10-7-,11-8-,12-9-,19-16-,20-17-,21-18-,28-25-,30-26-,31-27-,34-32-,41-38-,43-40-/t56-/m1/s1. The van der Waals surface area contributed by atoms with Crippen LogP contribution in [0.4, 0.5) is 0 Å². The molecule has 0 radical (unpaired) electrons. The first-order chi connectivity index (χ1) is 32.0. The molecule has 0 unspecified atom stereocenters. The van der Waals surface area contributed by atoms with Crippen LogP contribution < -0.4 is 0 Å². The molecule has 6 nitrogen and oxygen atoms in total. The molecule has 0 fully saturated rings. The molecule has 0 bridgehead atoms. The molecular formula is C59H90O6. The number of hydrogen-bond donors (Lipinski definition) is 0. The summed E-state index contributed by atoms with van der Waals surface area (Å²) in [5.41, 5.74) is 0. The number of esters is 3. The summed E-state index contributed by atoms with van der Waals surface area (Å²) < 4.78 is 16.7. The Kier molecular flexibility index (Phi) is 48.2. The average molecular weight is 895 g/mol. The van der Waals surface area contributed by atoms with Gasteiger partial charge in [-0.25, -0.2) is 0 Å². The van der Waals surface area contributed by atoms with Gasteiger partial charge < -0.3 is 14.2 Å². The number of carbonyl (C=O) groups is 3. The van der Waals surface area contributed by atoms with Crippen molar-refractivity contribution in [3.05, 3.63) is 146 Å². The van der Waals surface area contributed by atoms with Crippen molar-refractivity contribution in [3.63, 3.8) is 0 Å². The van der Waals surface area contributed by atoms with E-state index in [2.05, 4.69) is 167 Å². The van der Waals surface area contributed by atoms with E-state index in [-0.39, 0.29) is 44.0 Å². The highest BCUT2D eigenvalue weighted by Gasteiger charge is 2.19. The Morgan fingerprint density at radius 1 is 0.308 bits per heavy atom. The molecule has 1 atom stereocenters. The first-order valence-corrected chi connectivity index (χ1v) is 25.3. The largest absolute Gasteiger partial charge is 0.462 e. The smallest absolute Gasteiger partial charge is 0.306 e. The molecule has 362 valence electrons. The third-order valence-corrected chi connectivity index (χ3v) is 9.82. The molecule has 0 aromatic rings. The summed E-state index contributed by atoms with van der Waals surface area (Å²) in [7, 11) is 0. The highest BCUT2D eigenvalue weighted by atomic mass is 16.6. The Labute approximate surface area is 397 Å². The van der Waals surface area contributed by atoms with Gasteiger partial charge in [-0.1, -0.05) is 186 Å². The fourth-order valence-corrected chi connectivity index (χ4v) is 6.13. The number of rotatable bonds is 43. The van der Waals surface area contributed by atoms with Gasteiger partial charge in [-0.3, -0.25) is 14.4 Å². The van der Waals surface area contributed by atoms with Gasteiger partial charge in [0.1, 0.15) is 13.2 Å². The van der Waals surface area contributed by atoms with Crippen molar-refractivity contribution in [1.82, 2.24) is 0 Å². The van der Waals surface area contributed by atoms with Crippen LogP contribution in [-0.4, -0.2) is 37.2 Å². The zero-order chi connectivity index (χ0) is 47.2. The molecule has 0 heterocycles. The van der Waals surface area contributed by atoms with E-state index in [9.17, 15) is 14.4 Å². The van der Waals surface area contributed by atoms with Crippen LogP contribution in [0.5, 0.6) is 0 Å². The van der Waals surface area contributed by atoms with Crippen molar-refractivity contribution >= 4 is 17.9 Å². The fourth-order valence-electron chi connectivity index (χ4n) is 6.13. The first kappa shape index (κ1) is 60.3. The van der Waals surface area contributed by atoms with Crippen molar-refractivity contribution in [2.75, 3.05) is 13.2 Å². The van der Waals surface area contributed by atoms with Crippen LogP contribution in [0.3, 0.4) is 0 Å². The highest BCUT2D eigenvalue weighted by Crippen LogP contribution is 2.11.